The predicted molar refractivity (Wildman–Crippen MR) is 96.7 cm³/mol. The van der Waals surface area contributed by atoms with E-state index in [4.69, 9.17) is 16.6 Å². The van der Waals surface area contributed by atoms with E-state index in [0.717, 1.165) is 38.4 Å². The average Bonchev–Trinajstić information content (AvgIpc) is 3.04. The maximum atomic E-state index is 5.67. The molecule has 4 rings (SSSR count). The Labute approximate surface area is 151 Å². The van der Waals surface area contributed by atoms with E-state index in [0.29, 0.717) is 10.7 Å². The van der Waals surface area contributed by atoms with E-state index >= 15 is 0 Å². The molecule has 0 saturated carbocycles. The maximum Gasteiger partial charge on any atom is 0.292 e. The van der Waals surface area contributed by atoms with Crippen molar-refractivity contribution in [2.24, 2.45) is 0 Å². The van der Waals surface area contributed by atoms with Crippen molar-refractivity contribution in [3.8, 4) is 11.5 Å². The molecule has 0 radical (unpaired) electrons. The summed E-state index contributed by atoms with van der Waals surface area (Å²) in [7, 11) is 0. The van der Waals surface area contributed by atoms with Gasteiger partial charge < -0.3 is 14.2 Å². The van der Waals surface area contributed by atoms with Crippen molar-refractivity contribution >= 4 is 17.9 Å². The van der Waals surface area contributed by atoms with Crippen LogP contribution in [-0.4, -0.2) is 36.0 Å². The minimum Gasteiger partial charge on any atom is -0.409 e. The minimum absolute atomic E-state index is 0.437. The van der Waals surface area contributed by atoms with Crippen LogP contribution < -0.4 is 14.8 Å². The van der Waals surface area contributed by atoms with Crippen LogP contribution in [0.5, 0.6) is 0 Å². The van der Waals surface area contributed by atoms with Gasteiger partial charge >= 0.3 is 0 Å². The topological polar surface area (TPSA) is 52.8 Å². The van der Waals surface area contributed by atoms with Gasteiger partial charge in [-0.3, -0.25) is 0 Å². The first-order valence-corrected chi connectivity index (χ1v) is 8.88. The smallest absolute Gasteiger partial charge is 0.292 e. The second kappa shape index (κ2) is 7.16. The van der Waals surface area contributed by atoms with Crippen LogP contribution in [0.2, 0.25) is 0 Å². The van der Waals surface area contributed by atoms with Gasteiger partial charge in [-0.1, -0.05) is 18.2 Å². The summed E-state index contributed by atoms with van der Waals surface area (Å²) in [5.41, 5.74) is 2.22. The summed E-state index contributed by atoms with van der Waals surface area (Å²) in [6.45, 7) is 4.89. The summed E-state index contributed by atoms with van der Waals surface area (Å²) in [4.78, 5) is 7.38. The predicted octanol–water partition coefficient (Wildman–Crippen LogP) is 1.05. The zero-order valence-corrected chi connectivity index (χ0v) is 14.7. The second-order valence-corrected chi connectivity index (χ2v) is 6.54. The molecule has 1 aromatic carbocycles. The van der Waals surface area contributed by atoms with Crippen LogP contribution in [0.25, 0.3) is 11.5 Å². The van der Waals surface area contributed by atoms with Gasteiger partial charge in [0.2, 0.25) is 5.89 Å². The molecule has 0 bridgehead atoms. The molecule has 3 heterocycles. The van der Waals surface area contributed by atoms with Gasteiger partial charge in [0.05, 0.1) is 26.2 Å². The molecule has 0 unspecified atom stereocenters. The average molecular weight is 355 g/mol. The third-order valence-corrected chi connectivity index (χ3v) is 4.83. The highest BCUT2D eigenvalue weighted by Gasteiger charge is 2.22. The maximum absolute atomic E-state index is 5.67. The monoisotopic (exact) mass is 355 g/mol. The molecule has 6 nitrogen and oxygen atoms in total. The number of anilines is 1. The van der Waals surface area contributed by atoms with Gasteiger partial charge in [0.15, 0.2) is 19.1 Å². The van der Waals surface area contributed by atoms with Gasteiger partial charge in [0.1, 0.15) is 0 Å². The molecular formula is C18H21N5OS+2. The van der Waals surface area contributed by atoms with Crippen molar-refractivity contribution in [1.29, 1.82) is 0 Å². The molecule has 1 aliphatic heterocycles. The van der Waals surface area contributed by atoms with Gasteiger partial charge in [-0.05, 0) is 24.4 Å². The number of nitrogens with one attached hydrogen (secondary N) is 2. The molecule has 1 aliphatic rings. The molecule has 128 valence electrons. The Morgan fingerprint density at radius 2 is 1.80 bits per heavy atom. The van der Waals surface area contributed by atoms with Crippen LogP contribution in [0.15, 0.2) is 59.3 Å². The number of aromatic amines is 1. The van der Waals surface area contributed by atoms with Crippen LogP contribution in [0.3, 0.4) is 0 Å². The van der Waals surface area contributed by atoms with Gasteiger partial charge in [0.25, 0.3) is 4.84 Å². The zero-order valence-electron chi connectivity index (χ0n) is 13.9. The van der Waals surface area contributed by atoms with Gasteiger partial charge in [-0.25, -0.2) is 4.98 Å². The van der Waals surface area contributed by atoms with Gasteiger partial charge in [0, 0.05) is 23.4 Å². The lowest BCUT2D eigenvalue weighted by Crippen LogP contribution is -3.14. The first-order chi connectivity index (χ1) is 12.3. The Morgan fingerprint density at radius 1 is 1.08 bits per heavy atom. The van der Waals surface area contributed by atoms with Crippen molar-refractivity contribution < 1.29 is 14.3 Å². The zero-order chi connectivity index (χ0) is 17.1. The van der Waals surface area contributed by atoms with Crippen molar-refractivity contribution in [1.82, 2.24) is 9.78 Å². The van der Waals surface area contributed by atoms with E-state index in [1.54, 1.807) is 4.68 Å². The number of pyridine rings is 1. The van der Waals surface area contributed by atoms with Crippen LogP contribution in [0.4, 0.5) is 5.69 Å². The fourth-order valence-corrected chi connectivity index (χ4v) is 3.33. The molecule has 25 heavy (non-hydrogen) atoms. The quantitative estimate of drug-likeness (QED) is 0.711. The van der Waals surface area contributed by atoms with Crippen LogP contribution in [0.1, 0.15) is 0 Å². The van der Waals surface area contributed by atoms with E-state index in [9.17, 15) is 0 Å². The standard InChI is InChI=1S/C18H19N5OS/c25-18-23(20-17(24-18)15-4-2-1-3-5-15)14-21-10-12-22(13-11-21)16-6-8-19-9-7-16/h1-9H,10-14H2/p+2. The largest absolute Gasteiger partial charge is 0.409 e. The second-order valence-electron chi connectivity index (χ2n) is 6.19. The number of H-pyrrole nitrogens is 1. The summed E-state index contributed by atoms with van der Waals surface area (Å²) < 4.78 is 7.48. The Hall–Kier alpha value is -2.51. The van der Waals surface area contributed by atoms with Gasteiger partial charge in [-0.2, -0.15) is 4.68 Å². The number of hydrogen-bond donors (Lipinski definition) is 1. The highest BCUT2D eigenvalue weighted by molar-refractivity contribution is 7.71. The summed E-state index contributed by atoms with van der Waals surface area (Å²) >= 11 is 5.35. The van der Waals surface area contributed by atoms with Crippen molar-refractivity contribution in [2.75, 3.05) is 31.1 Å². The lowest BCUT2D eigenvalue weighted by atomic mass is 10.2. The van der Waals surface area contributed by atoms with Crippen molar-refractivity contribution in [2.45, 2.75) is 6.67 Å². The van der Waals surface area contributed by atoms with E-state index in [1.807, 2.05) is 42.7 Å². The minimum atomic E-state index is 0.437. The Morgan fingerprint density at radius 3 is 2.52 bits per heavy atom. The highest BCUT2D eigenvalue weighted by Crippen LogP contribution is 2.16. The number of nitrogens with zero attached hydrogens (tertiary/aromatic N) is 3. The third kappa shape index (κ3) is 3.62. The Bertz CT molecular complexity index is 869. The number of benzene rings is 1. The highest BCUT2D eigenvalue weighted by atomic mass is 32.1. The molecule has 1 saturated heterocycles. The number of aromatic nitrogens is 3. The molecule has 0 atom stereocenters. The number of hydrogen-bond acceptors (Lipinski definition) is 4. The molecule has 1 fully saturated rings. The number of piperazine rings is 1. The first-order valence-electron chi connectivity index (χ1n) is 8.47. The summed E-state index contributed by atoms with van der Waals surface area (Å²) in [6.07, 6.45) is 3.93. The van der Waals surface area contributed by atoms with Gasteiger partial charge in [-0.15, -0.1) is 5.10 Å². The Kier molecular flexibility index (Phi) is 4.58. The molecule has 2 N–H and O–H groups in total. The summed E-state index contributed by atoms with van der Waals surface area (Å²) in [6, 6.07) is 14.1. The fourth-order valence-electron chi connectivity index (χ4n) is 3.14. The molecular weight excluding hydrogens is 334 g/mol. The molecule has 0 amide bonds. The van der Waals surface area contributed by atoms with Crippen molar-refractivity contribution in [3.05, 3.63) is 59.7 Å². The number of rotatable bonds is 4. The lowest BCUT2D eigenvalue weighted by molar-refractivity contribution is -0.924. The SMILES string of the molecule is S=c1oc(-c2ccccc2)nn1C[NH+]1CCN(c2cc[nH+]cc2)CC1. The van der Waals surface area contributed by atoms with Crippen molar-refractivity contribution in [3.63, 3.8) is 0 Å². The lowest BCUT2D eigenvalue weighted by Gasteiger charge is -2.32. The van der Waals surface area contributed by atoms with E-state index in [2.05, 4.69) is 27.1 Å². The normalized spacial score (nSPS) is 15.4. The molecule has 3 aromatic rings. The van der Waals surface area contributed by atoms with Crippen LogP contribution in [0, 0.1) is 4.84 Å². The van der Waals surface area contributed by atoms with E-state index in [1.165, 1.54) is 10.6 Å². The summed E-state index contributed by atoms with van der Waals surface area (Å²) in [5, 5.41) is 4.56. The third-order valence-electron chi connectivity index (χ3n) is 4.54. The first kappa shape index (κ1) is 16.0. The molecule has 0 aliphatic carbocycles. The van der Waals surface area contributed by atoms with Crippen LogP contribution >= 0.6 is 12.2 Å². The number of quaternary nitrogens is 1. The Balaban J connectivity index is 1.41. The van der Waals surface area contributed by atoms with E-state index in [-0.39, 0.29) is 0 Å². The van der Waals surface area contributed by atoms with E-state index < -0.39 is 0 Å². The molecule has 2 aromatic heterocycles. The molecule has 7 heteroatoms. The molecule has 0 spiro atoms. The van der Waals surface area contributed by atoms with Crippen LogP contribution in [-0.2, 0) is 6.67 Å². The summed E-state index contributed by atoms with van der Waals surface area (Å²) in [5.74, 6) is 0.587. The fraction of sp³-hybridized carbons (Fsp3) is 0.278.